The van der Waals surface area contributed by atoms with Crippen molar-refractivity contribution in [2.24, 2.45) is 0 Å². The van der Waals surface area contributed by atoms with Crippen LogP contribution in [-0.4, -0.2) is 42.0 Å². The van der Waals surface area contributed by atoms with Crippen LogP contribution in [0.1, 0.15) is 40.9 Å². The molecule has 0 aromatic heterocycles. The number of benzene rings is 1. The van der Waals surface area contributed by atoms with Crippen LogP contribution in [0, 0.1) is 6.92 Å². The molecule has 0 fully saturated rings. The van der Waals surface area contributed by atoms with Crippen LogP contribution in [0.5, 0.6) is 0 Å². The fourth-order valence-corrected chi connectivity index (χ4v) is 1.98. The number of ether oxygens (including phenoxy) is 2. The summed E-state index contributed by atoms with van der Waals surface area (Å²) in [4.78, 5) is 23.0. The number of carbonyl (C=O) groups excluding carboxylic acids is 2. The summed E-state index contributed by atoms with van der Waals surface area (Å²) in [6.45, 7) is 3.47. The molecular formula is C15H21NO6. The van der Waals surface area contributed by atoms with Gasteiger partial charge in [0, 0.05) is 5.69 Å². The van der Waals surface area contributed by atoms with Gasteiger partial charge >= 0.3 is 11.9 Å². The molecule has 0 spiro atoms. The van der Waals surface area contributed by atoms with Crippen LogP contribution in [0.2, 0.25) is 0 Å². The molecule has 0 heterocycles. The van der Waals surface area contributed by atoms with E-state index < -0.39 is 24.1 Å². The molecule has 7 heteroatoms. The quantitative estimate of drug-likeness (QED) is 0.523. The molecule has 0 aliphatic rings. The summed E-state index contributed by atoms with van der Waals surface area (Å²) in [6, 6.07) is 2.83. The summed E-state index contributed by atoms with van der Waals surface area (Å²) in [5, 5.41) is 20.0. The monoisotopic (exact) mass is 311 g/mol. The van der Waals surface area contributed by atoms with Gasteiger partial charge in [-0.25, -0.2) is 4.79 Å². The zero-order valence-corrected chi connectivity index (χ0v) is 12.8. The second kappa shape index (κ2) is 7.77. The zero-order valence-electron chi connectivity index (χ0n) is 12.8. The Morgan fingerprint density at radius 2 is 1.95 bits per heavy atom. The molecule has 22 heavy (non-hydrogen) atoms. The normalized spacial score (nSPS) is 13.3. The average Bonchev–Trinajstić information content (AvgIpc) is 2.48. The number of hydrogen-bond donors (Lipinski definition) is 3. The first kappa shape index (κ1) is 17.9. The van der Waals surface area contributed by atoms with Crippen molar-refractivity contribution in [3.63, 3.8) is 0 Å². The van der Waals surface area contributed by atoms with Crippen molar-refractivity contribution in [3.8, 4) is 0 Å². The molecule has 0 aliphatic heterocycles. The third kappa shape index (κ3) is 4.19. The van der Waals surface area contributed by atoms with Crippen molar-refractivity contribution < 1.29 is 29.3 Å². The Labute approximate surface area is 128 Å². The predicted octanol–water partition coefficient (Wildman–Crippen LogP) is 0.711. The molecule has 1 rings (SSSR count). The minimum absolute atomic E-state index is 0.186. The van der Waals surface area contributed by atoms with Gasteiger partial charge in [-0.2, -0.15) is 0 Å². The van der Waals surface area contributed by atoms with Gasteiger partial charge in [0.25, 0.3) is 0 Å². The number of anilines is 1. The Bertz CT molecular complexity index is 557. The third-order valence-corrected chi connectivity index (χ3v) is 3.26. The topological polar surface area (TPSA) is 119 Å². The Kier molecular flexibility index (Phi) is 6.33. The Morgan fingerprint density at radius 1 is 1.32 bits per heavy atom. The summed E-state index contributed by atoms with van der Waals surface area (Å²) in [7, 11) is 1.23. The van der Waals surface area contributed by atoms with Crippen molar-refractivity contribution in [2.45, 2.75) is 32.5 Å². The predicted molar refractivity (Wildman–Crippen MR) is 79.1 cm³/mol. The Hall–Kier alpha value is -2.12. The van der Waals surface area contributed by atoms with Crippen LogP contribution in [0.4, 0.5) is 5.69 Å². The molecule has 0 amide bonds. The van der Waals surface area contributed by atoms with Gasteiger partial charge in [0.2, 0.25) is 0 Å². The number of methoxy groups -OCH3 is 1. The number of esters is 2. The number of aliphatic hydroxyl groups excluding tert-OH is 2. The minimum atomic E-state index is -1.38. The number of hydrogen-bond acceptors (Lipinski definition) is 7. The summed E-state index contributed by atoms with van der Waals surface area (Å²) in [5.74, 6) is -1.22. The van der Waals surface area contributed by atoms with E-state index in [0.29, 0.717) is 5.56 Å². The highest BCUT2D eigenvalue weighted by molar-refractivity contribution is 5.92. The fourth-order valence-electron chi connectivity index (χ4n) is 1.98. The lowest BCUT2D eigenvalue weighted by Crippen LogP contribution is -2.23. The van der Waals surface area contributed by atoms with E-state index in [4.69, 9.17) is 10.5 Å². The maximum absolute atomic E-state index is 11.7. The van der Waals surface area contributed by atoms with E-state index in [1.54, 1.807) is 13.8 Å². The van der Waals surface area contributed by atoms with Crippen LogP contribution in [0.15, 0.2) is 12.1 Å². The molecule has 122 valence electrons. The maximum Gasteiger partial charge on any atom is 0.338 e. The highest BCUT2D eigenvalue weighted by atomic mass is 16.5. The largest absolute Gasteiger partial charge is 0.466 e. The lowest BCUT2D eigenvalue weighted by atomic mass is 9.96. The van der Waals surface area contributed by atoms with Crippen molar-refractivity contribution in [3.05, 3.63) is 28.8 Å². The summed E-state index contributed by atoms with van der Waals surface area (Å²) < 4.78 is 9.36. The van der Waals surface area contributed by atoms with E-state index in [-0.39, 0.29) is 29.8 Å². The molecule has 2 unspecified atom stereocenters. The van der Waals surface area contributed by atoms with Crippen LogP contribution in [0.3, 0.4) is 0 Å². The Balaban J connectivity index is 3.02. The van der Waals surface area contributed by atoms with E-state index in [2.05, 4.69) is 4.74 Å². The lowest BCUT2D eigenvalue weighted by molar-refractivity contribution is -0.147. The van der Waals surface area contributed by atoms with Gasteiger partial charge in [-0.05, 0) is 37.1 Å². The minimum Gasteiger partial charge on any atom is -0.466 e. The highest BCUT2D eigenvalue weighted by Crippen LogP contribution is 2.26. The maximum atomic E-state index is 11.7. The number of nitrogens with two attached hydrogens (primary N) is 1. The van der Waals surface area contributed by atoms with E-state index in [9.17, 15) is 19.8 Å². The van der Waals surface area contributed by atoms with Crippen molar-refractivity contribution in [2.75, 3.05) is 19.5 Å². The molecule has 1 aromatic carbocycles. The molecular weight excluding hydrogens is 290 g/mol. The molecule has 7 nitrogen and oxygen atoms in total. The van der Waals surface area contributed by atoms with E-state index in [1.807, 2.05) is 0 Å². The van der Waals surface area contributed by atoms with Gasteiger partial charge in [0.1, 0.15) is 6.10 Å². The van der Waals surface area contributed by atoms with Gasteiger partial charge in [0.15, 0.2) is 0 Å². The van der Waals surface area contributed by atoms with Crippen LogP contribution < -0.4 is 5.73 Å². The van der Waals surface area contributed by atoms with Gasteiger partial charge in [0.05, 0.1) is 31.8 Å². The molecule has 0 radical (unpaired) electrons. The van der Waals surface area contributed by atoms with E-state index in [1.165, 1.54) is 19.2 Å². The van der Waals surface area contributed by atoms with Crippen molar-refractivity contribution >= 4 is 17.6 Å². The van der Waals surface area contributed by atoms with E-state index in [0.717, 1.165) is 0 Å². The van der Waals surface area contributed by atoms with Gasteiger partial charge in [-0.3, -0.25) is 4.79 Å². The zero-order chi connectivity index (χ0) is 16.9. The van der Waals surface area contributed by atoms with Gasteiger partial charge in [-0.1, -0.05) is 0 Å². The molecule has 0 bridgehead atoms. The Morgan fingerprint density at radius 3 is 2.50 bits per heavy atom. The summed E-state index contributed by atoms with van der Waals surface area (Å²) in [6.07, 6.45) is -3.11. The molecule has 2 atom stereocenters. The lowest BCUT2D eigenvalue weighted by Gasteiger charge is -2.19. The first-order valence-corrected chi connectivity index (χ1v) is 6.81. The highest BCUT2D eigenvalue weighted by Gasteiger charge is 2.24. The average molecular weight is 311 g/mol. The van der Waals surface area contributed by atoms with Gasteiger partial charge in [-0.15, -0.1) is 0 Å². The van der Waals surface area contributed by atoms with Gasteiger partial charge < -0.3 is 25.4 Å². The SMILES string of the molecule is CCOC(=O)CC(O)C(O)c1cc(N)c(C)c(C(=O)OC)c1. The van der Waals surface area contributed by atoms with Crippen molar-refractivity contribution in [1.29, 1.82) is 0 Å². The van der Waals surface area contributed by atoms with Crippen molar-refractivity contribution in [1.82, 2.24) is 0 Å². The van der Waals surface area contributed by atoms with Crippen LogP contribution in [0.25, 0.3) is 0 Å². The second-order valence-electron chi connectivity index (χ2n) is 4.80. The number of aliphatic hydroxyl groups is 2. The first-order chi connectivity index (χ1) is 10.3. The number of carbonyl (C=O) groups is 2. The second-order valence-corrected chi connectivity index (χ2v) is 4.80. The summed E-state index contributed by atoms with van der Waals surface area (Å²) >= 11 is 0. The molecule has 0 aliphatic carbocycles. The third-order valence-electron chi connectivity index (χ3n) is 3.26. The molecule has 0 saturated carbocycles. The smallest absolute Gasteiger partial charge is 0.338 e. The molecule has 0 saturated heterocycles. The first-order valence-electron chi connectivity index (χ1n) is 6.81. The fraction of sp³-hybridized carbons (Fsp3) is 0.467. The number of nitrogen functional groups attached to an aromatic ring is 1. The number of rotatable bonds is 6. The molecule has 1 aromatic rings. The molecule has 4 N–H and O–H groups in total. The van der Waals surface area contributed by atoms with E-state index >= 15 is 0 Å². The summed E-state index contributed by atoms with van der Waals surface area (Å²) in [5.41, 5.74) is 7.02. The van der Waals surface area contributed by atoms with Crippen LogP contribution in [-0.2, 0) is 14.3 Å². The standard InChI is InChI=1S/C15H21NO6/c1-4-22-13(18)7-12(17)14(19)9-5-10(15(20)21-3)8(2)11(16)6-9/h5-6,12,14,17,19H,4,7,16H2,1-3H3. The van der Waals surface area contributed by atoms with Crippen LogP contribution >= 0.6 is 0 Å².